The molecule has 3 rings (SSSR count). The number of fused-ring (bicyclic) bond motifs is 1. The molecular formula is C14H20FN3O2S. The quantitative estimate of drug-likeness (QED) is 0.825. The average Bonchev–Trinajstić information content (AvgIpc) is 2.88. The number of halogens is 1. The minimum absolute atomic E-state index is 0.1000. The van der Waals surface area contributed by atoms with Gasteiger partial charge in [0.2, 0.25) is 10.0 Å². The van der Waals surface area contributed by atoms with Gasteiger partial charge in [0.15, 0.2) is 0 Å². The summed E-state index contributed by atoms with van der Waals surface area (Å²) in [7, 11) is -3.78. The maximum absolute atomic E-state index is 13.4. The largest absolute Gasteiger partial charge is 0.395 e. The lowest BCUT2D eigenvalue weighted by Crippen LogP contribution is -2.47. The Bertz CT molecular complexity index is 635. The molecule has 116 valence electrons. The van der Waals surface area contributed by atoms with Crippen LogP contribution in [-0.2, 0) is 10.0 Å². The summed E-state index contributed by atoms with van der Waals surface area (Å²) in [6.07, 6.45) is 3.90. The third-order valence-electron chi connectivity index (χ3n) is 4.44. The van der Waals surface area contributed by atoms with Crippen molar-refractivity contribution < 1.29 is 12.8 Å². The van der Waals surface area contributed by atoms with Gasteiger partial charge in [-0.3, -0.25) is 0 Å². The number of hydrogen-bond donors (Lipinski definition) is 2. The highest BCUT2D eigenvalue weighted by atomic mass is 32.2. The van der Waals surface area contributed by atoms with Gasteiger partial charge in [-0.25, -0.2) is 17.5 Å². The van der Waals surface area contributed by atoms with Crippen LogP contribution in [0.25, 0.3) is 0 Å². The number of nitrogens with one attached hydrogen (secondary N) is 1. The Morgan fingerprint density at radius 2 is 2.10 bits per heavy atom. The van der Waals surface area contributed by atoms with Crippen molar-refractivity contribution >= 4 is 15.7 Å². The molecule has 3 N–H and O–H groups in total. The summed E-state index contributed by atoms with van der Waals surface area (Å²) >= 11 is 0. The number of sulfonamides is 1. The maximum atomic E-state index is 13.4. The molecule has 2 unspecified atom stereocenters. The Labute approximate surface area is 124 Å². The van der Waals surface area contributed by atoms with Gasteiger partial charge in [0.05, 0.1) is 5.69 Å². The van der Waals surface area contributed by atoms with Gasteiger partial charge in [0, 0.05) is 12.1 Å². The molecule has 0 radical (unpaired) electrons. The number of anilines is 1. The van der Waals surface area contributed by atoms with E-state index >= 15 is 0 Å². The highest BCUT2D eigenvalue weighted by Crippen LogP contribution is 2.28. The van der Waals surface area contributed by atoms with Gasteiger partial charge in [-0.05, 0) is 50.9 Å². The smallest absolute Gasteiger partial charge is 0.242 e. The fourth-order valence-corrected chi connectivity index (χ4v) is 4.79. The predicted molar refractivity (Wildman–Crippen MR) is 78.8 cm³/mol. The van der Waals surface area contributed by atoms with Crippen LogP contribution in [0.4, 0.5) is 10.1 Å². The molecule has 2 saturated heterocycles. The van der Waals surface area contributed by atoms with Crippen LogP contribution in [0.3, 0.4) is 0 Å². The Hall–Kier alpha value is -1.18. The van der Waals surface area contributed by atoms with Crippen molar-refractivity contribution in [2.75, 3.05) is 18.8 Å². The second-order valence-corrected chi connectivity index (χ2v) is 7.51. The van der Waals surface area contributed by atoms with Crippen LogP contribution in [-0.4, -0.2) is 38.5 Å². The van der Waals surface area contributed by atoms with E-state index in [1.54, 1.807) is 0 Å². The van der Waals surface area contributed by atoms with Crippen molar-refractivity contribution in [3.05, 3.63) is 24.0 Å². The number of nitrogens with two attached hydrogens (primary N) is 1. The highest BCUT2D eigenvalue weighted by molar-refractivity contribution is 7.89. The van der Waals surface area contributed by atoms with Crippen molar-refractivity contribution in [3.8, 4) is 0 Å². The van der Waals surface area contributed by atoms with Crippen LogP contribution >= 0.6 is 0 Å². The summed E-state index contributed by atoms with van der Waals surface area (Å²) in [5.41, 5.74) is 5.24. The Balaban J connectivity index is 1.76. The lowest BCUT2D eigenvalue weighted by Gasteiger charge is -2.35. The van der Waals surface area contributed by atoms with Crippen LogP contribution in [0.15, 0.2) is 23.1 Å². The molecule has 2 aliphatic heterocycles. The van der Waals surface area contributed by atoms with E-state index in [1.165, 1.54) is 18.6 Å². The predicted octanol–water partition coefficient (Wildman–Crippen LogP) is 1.31. The SMILES string of the molecule is Nc1c(F)cccc1S(=O)(=O)NC1CCN2CCCC2C1. The Morgan fingerprint density at radius 3 is 2.90 bits per heavy atom. The van der Waals surface area contributed by atoms with E-state index in [-0.39, 0.29) is 16.6 Å². The van der Waals surface area contributed by atoms with Crippen molar-refractivity contribution in [2.24, 2.45) is 0 Å². The third-order valence-corrected chi connectivity index (χ3v) is 6.02. The second-order valence-electron chi connectivity index (χ2n) is 5.83. The van der Waals surface area contributed by atoms with Gasteiger partial charge in [-0.15, -0.1) is 0 Å². The monoisotopic (exact) mass is 313 g/mol. The number of piperidine rings is 1. The summed E-state index contributed by atoms with van der Waals surface area (Å²) in [4.78, 5) is 2.25. The van der Waals surface area contributed by atoms with E-state index in [2.05, 4.69) is 9.62 Å². The standard InChI is InChI=1S/C14H20FN3O2S/c15-12-4-1-5-13(14(12)16)21(19,20)17-10-6-8-18-7-2-3-11(18)9-10/h1,4-5,10-11,17H,2-3,6-9,16H2. The summed E-state index contributed by atoms with van der Waals surface area (Å²) in [6, 6.07) is 4.23. The molecule has 0 amide bonds. The molecule has 0 aliphatic carbocycles. The van der Waals surface area contributed by atoms with Crippen LogP contribution in [0, 0.1) is 5.82 Å². The van der Waals surface area contributed by atoms with Gasteiger partial charge in [0.1, 0.15) is 10.7 Å². The first kappa shape index (κ1) is 14.7. The first-order chi connectivity index (χ1) is 9.97. The minimum Gasteiger partial charge on any atom is -0.395 e. The van der Waals surface area contributed by atoms with Crippen LogP contribution < -0.4 is 10.5 Å². The van der Waals surface area contributed by atoms with Gasteiger partial charge in [0.25, 0.3) is 0 Å². The highest BCUT2D eigenvalue weighted by Gasteiger charge is 2.34. The van der Waals surface area contributed by atoms with Gasteiger partial charge < -0.3 is 10.6 Å². The molecule has 1 aromatic carbocycles. The lowest BCUT2D eigenvalue weighted by atomic mass is 9.99. The fourth-order valence-electron chi connectivity index (χ4n) is 3.37. The molecule has 0 saturated carbocycles. The minimum atomic E-state index is -3.78. The van der Waals surface area contributed by atoms with E-state index in [4.69, 9.17) is 5.73 Å². The summed E-state index contributed by atoms with van der Waals surface area (Å²) in [5.74, 6) is -0.705. The zero-order valence-corrected chi connectivity index (χ0v) is 12.6. The summed E-state index contributed by atoms with van der Waals surface area (Å²) in [6.45, 7) is 2.03. The van der Waals surface area contributed by atoms with E-state index < -0.39 is 15.8 Å². The van der Waals surface area contributed by atoms with Gasteiger partial charge >= 0.3 is 0 Å². The molecule has 2 aliphatic rings. The van der Waals surface area contributed by atoms with Gasteiger partial charge in [-0.1, -0.05) is 6.07 Å². The zero-order chi connectivity index (χ0) is 15.0. The number of nitrogen functional groups attached to an aromatic ring is 1. The van der Waals surface area contributed by atoms with Crippen molar-refractivity contribution in [1.82, 2.24) is 9.62 Å². The van der Waals surface area contributed by atoms with E-state index in [0.29, 0.717) is 6.04 Å². The molecule has 0 bridgehead atoms. The van der Waals surface area contributed by atoms with Crippen molar-refractivity contribution in [1.29, 1.82) is 0 Å². The van der Waals surface area contributed by atoms with Crippen molar-refractivity contribution in [2.45, 2.75) is 42.7 Å². The van der Waals surface area contributed by atoms with Gasteiger partial charge in [-0.2, -0.15) is 0 Å². The van der Waals surface area contributed by atoms with E-state index in [0.717, 1.165) is 38.4 Å². The zero-order valence-electron chi connectivity index (χ0n) is 11.8. The molecule has 2 fully saturated rings. The van der Waals surface area contributed by atoms with Crippen LogP contribution in [0.1, 0.15) is 25.7 Å². The Morgan fingerprint density at radius 1 is 1.29 bits per heavy atom. The fraction of sp³-hybridized carbons (Fsp3) is 0.571. The van der Waals surface area contributed by atoms with E-state index in [1.807, 2.05) is 0 Å². The number of nitrogens with zero attached hydrogens (tertiary/aromatic N) is 1. The first-order valence-electron chi connectivity index (χ1n) is 7.28. The van der Waals surface area contributed by atoms with Crippen molar-refractivity contribution in [3.63, 3.8) is 0 Å². The molecule has 7 heteroatoms. The number of para-hydroxylation sites is 1. The molecule has 5 nitrogen and oxygen atoms in total. The lowest BCUT2D eigenvalue weighted by molar-refractivity contribution is 0.176. The Kier molecular flexibility index (Phi) is 3.90. The first-order valence-corrected chi connectivity index (χ1v) is 8.76. The molecule has 2 heterocycles. The number of rotatable bonds is 3. The summed E-state index contributed by atoms with van der Waals surface area (Å²) in [5, 5.41) is 0. The molecular weight excluding hydrogens is 293 g/mol. The molecule has 0 aromatic heterocycles. The third kappa shape index (κ3) is 2.90. The number of benzene rings is 1. The van der Waals surface area contributed by atoms with Crippen LogP contribution in [0.2, 0.25) is 0 Å². The van der Waals surface area contributed by atoms with E-state index in [9.17, 15) is 12.8 Å². The second kappa shape index (κ2) is 5.55. The maximum Gasteiger partial charge on any atom is 0.242 e. The molecule has 2 atom stereocenters. The molecule has 1 aromatic rings. The normalized spacial score (nSPS) is 26.7. The summed E-state index contributed by atoms with van der Waals surface area (Å²) < 4.78 is 40.9. The average molecular weight is 313 g/mol. The number of hydrogen-bond acceptors (Lipinski definition) is 4. The molecule has 0 spiro atoms. The molecule has 21 heavy (non-hydrogen) atoms. The van der Waals surface area contributed by atoms with Crippen LogP contribution in [0.5, 0.6) is 0 Å². The topological polar surface area (TPSA) is 75.4 Å².